The lowest BCUT2D eigenvalue weighted by molar-refractivity contribution is -0.139. The van der Waals surface area contributed by atoms with Crippen LogP contribution in [0.4, 0.5) is 5.69 Å². The fourth-order valence-electron chi connectivity index (χ4n) is 4.16. The molecule has 7 nitrogen and oxygen atoms in total. The first-order valence-electron chi connectivity index (χ1n) is 12.2. The molecule has 8 heteroatoms. The van der Waals surface area contributed by atoms with E-state index in [-0.39, 0.29) is 17.3 Å². The van der Waals surface area contributed by atoms with Crippen molar-refractivity contribution in [2.75, 3.05) is 17.9 Å². The Bertz CT molecular complexity index is 1380. The number of nitrogens with one attached hydrogen (secondary N) is 1. The average Bonchev–Trinajstić information content (AvgIpc) is 2.87. The van der Waals surface area contributed by atoms with E-state index in [0.717, 1.165) is 32.1 Å². The molecular weight excluding hydrogens is 486 g/mol. The summed E-state index contributed by atoms with van der Waals surface area (Å²) >= 11 is 0. The third kappa shape index (κ3) is 6.38. The molecule has 0 aliphatic heterocycles. The summed E-state index contributed by atoms with van der Waals surface area (Å²) in [4.78, 5) is 27.9. The van der Waals surface area contributed by atoms with E-state index in [1.165, 1.54) is 11.9 Å². The summed E-state index contributed by atoms with van der Waals surface area (Å²) in [7, 11) is -2.57. The number of nitrogens with zero attached hydrogens (tertiary/aromatic N) is 2. The number of aryl methyl sites for hydroxylation is 3. The van der Waals surface area contributed by atoms with Gasteiger partial charge in [-0.3, -0.25) is 13.9 Å². The Morgan fingerprint density at radius 3 is 2.16 bits per heavy atom. The van der Waals surface area contributed by atoms with Crippen molar-refractivity contribution in [1.29, 1.82) is 0 Å². The van der Waals surface area contributed by atoms with E-state index in [9.17, 15) is 18.0 Å². The van der Waals surface area contributed by atoms with Crippen LogP contribution >= 0.6 is 0 Å². The molecule has 1 atom stereocenters. The van der Waals surface area contributed by atoms with E-state index in [4.69, 9.17) is 0 Å². The summed E-state index contributed by atoms with van der Waals surface area (Å²) in [5, 5.41) is 2.60. The number of carbonyl (C=O) groups excluding carboxylic acids is 2. The molecule has 3 aromatic carbocycles. The third-order valence-electron chi connectivity index (χ3n) is 6.58. The lowest BCUT2D eigenvalue weighted by Gasteiger charge is -2.32. The largest absolute Gasteiger partial charge is 0.357 e. The van der Waals surface area contributed by atoms with E-state index >= 15 is 0 Å². The molecule has 1 unspecified atom stereocenters. The standard InChI is InChI=1S/C29H35N3O4S/c1-20-13-15-26(16-14-20)37(35,36)32(27-12-8-10-22(3)23(27)4)19-28(33)31(24(5)29(34)30-6)18-25-11-7-9-21(2)17-25/h7-17,24H,18-19H2,1-6H3,(H,30,34). The Morgan fingerprint density at radius 1 is 0.892 bits per heavy atom. The molecule has 3 aromatic rings. The van der Waals surface area contributed by atoms with Crippen LogP contribution in [0.25, 0.3) is 0 Å². The lowest BCUT2D eigenvalue weighted by Crippen LogP contribution is -2.50. The van der Waals surface area contributed by atoms with Crippen molar-refractivity contribution < 1.29 is 18.0 Å². The molecule has 0 radical (unpaired) electrons. The summed E-state index contributed by atoms with van der Waals surface area (Å²) < 4.78 is 29.0. The summed E-state index contributed by atoms with van der Waals surface area (Å²) in [6.07, 6.45) is 0. The van der Waals surface area contributed by atoms with Gasteiger partial charge in [-0.25, -0.2) is 8.42 Å². The van der Waals surface area contributed by atoms with Crippen LogP contribution in [-0.2, 0) is 26.2 Å². The number of anilines is 1. The van der Waals surface area contributed by atoms with Crippen molar-refractivity contribution in [2.24, 2.45) is 0 Å². The minimum absolute atomic E-state index is 0.0939. The molecule has 0 aromatic heterocycles. The van der Waals surface area contributed by atoms with Gasteiger partial charge < -0.3 is 10.2 Å². The topological polar surface area (TPSA) is 86.8 Å². The van der Waals surface area contributed by atoms with Crippen LogP contribution < -0.4 is 9.62 Å². The van der Waals surface area contributed by atoms with Crippen molar-refractivity contribution in [3.05, 3.63) is 94.5 Å². The zero-order chi connectivity index (χ0) is 27.3. The number of rotatable bonds is 9. The lowest BCUT2D eigenvalue weighted by atomic mass is 10.1. The Hall–Kier alpha value is -3.65. The molecule has 0 saturated carbocycles. The fourth-order valence-corrected chi connectivity index (χ4v) is 5.63. The highest BCUT2D eigenvalue weighted by atomic mass is 32.2. The van der Waals surface area contributed by atoms with Gasteiger partial charge in [0, 0.05) is 13.6 Å². The number of carbonyl (C=O) groups is 2. The highest BCUT2D eigenvalue weighted by molar-refractivity contribution is 7.92. The predicted octanol–water partition coefficient (Wildman–Crippen LogP) is 4.28. The minimum atomic E-state index is -4.08. The maximum absolute atomic E-state index is 13.9. The Kier molecular flexibility index (Phi) is 8.76. The summed E-state index contributed by atoms with van der Waals surface area (Å²) in [6, 6.07) is 18.8. The van der Waals surface area contributed by atoms with Crippen molar-refractivity contribution >= 4 is 27.5 Å². The van der Waals surface area contributed by atoms with E-state index in [2.05, 4.69) is 5.32 Å². The van der Waals surface area contributed by atoms with E-state index in [1.54, 1.807) is 43.3 Å². The molecule has 0 heterocycles. The average molecular weight is 522 g/mol. The van der Waals surface area contributed by atoms with Gasteiger partial charge in [-0.1, -0.05) is 59.7 Å². The molecular formula is C29H35N3O4S. The van der Waals surface area contributed by atoms with Gasteiger partial charge in [0.2, 0.25) is 11.8 Å². The van der Waals surface area contributed by atoms with Crippen molar-refractivity contribution in [2.45, 2.75) is 52.1 Å². The van der Waals surface area contributed by atoms with Crippen LogP contribution in [0.3, 0.4) is 0 Å². The van der Waals surface area contributed by atoms with Gasteiger partial charge in [0.1, 0.15) is 12.6 Å². The predicted molar refractivity (Wildman–Crippen MR) is 147 cm³/mol. The zero-order valence-corrected chi connectivity index (χ0v) is 23.1. The zero-order valence-electron chi connectivity index (χ0n) is 22.3. The number of amides is 2. The van der Waals surface area contributed by atoms with E-state index in [0.29, 0.717) is 5.69 Å². The number of sulfonamides is 1. The van der Waals surface area contributed by atoms with Gasteiger partial charge in [0.15, 0.2) is 0 Å². The van der Waals surface area contributed by atoms with Gasteiger partial charge in [-0.2, -0.15) is 0 Å². The molecule has 0 spiro atoms. The minimum Gasteiger partial charge on any atom is -0.357 e. The normalized spacial score (nSPS) is 12.1. The summed E-state index contributed by atoms with van der Waals surface area (Å²) in [5.41, 5.74) is 4.90. The molecule has 196 valence electrons. The quantitative estimate of drug-likeness (QED) is 0.455. The van der Waals surface area contributed by atoms with Crippen LogP contribution in [0.2, 0.25) is 0 Å². The summed E-state index contributed by atoms with van der Waals surface area (Å²) in [5.74, 6) is -0.810. The number of hydrogen-bond acceptors (Lipinski definition) is 4. The van der Waals surface area contributed by atoms with Gasteiger partial charge in [-0.05, 0) is 69.5 Å². The molecule has 0 fully saturated rings. The van der Waals surface area contributed by atoms with Crippen molar-refractivity contribution in [3.63, 3.8) is 0 Å². The van der Waals surface area contributed by atoms with Crippen LogP contribution in [0.15, 0.2) is 71.6 Å². The van der Waals surface area contributed by atoms with Crippen molar-refractivity contribution in [1.82, 2.24) is 10.2 Å². The molecule has 3 rings (SSSR count). The van der Waals surface area contributed by atoms with Gasteiger partial charge in [0.05, 0.1) is 10.6 Å². The van der Waals surface area contributed by atoms with Gasteiger partial charge >= 0.3 is 0 Å². The van der Waals surface area contributed by atoms with E-state index in [1.807, 2.05) is 58.0 Å². The molecule has 0 aliphatic carbocycles. The maximum atomic E-state index is 13.9. The highest BCUT2D eigenvalue weighted by Gasteiger charge is 2.33. The first-order chi connectivity index (χ1) is 17.4. The van der Waals surface area contributed by atoms with Crippen LogP contribution in [0, 0.1) is 27.7 Å². The molecule has 2 amide bonds. The Morgan fingerprint density at radius 2 is 1.54 bits per heavy atom. The Balaban J connectivity index is 2.08. The Labute approximate surface area is 220 Å². The van der Waals surface area contributed by atoms with Crippen LogP contribution in [-0.4, -0.2) is 44.8 Å². The van der Waals surface area contributed by atoms with Crippen LogP contribution in [0.5, 0.6) is 0 Å². The molecule has 37 heavy (non-hydrogen) atoms. The molecule has 0 aliphatic rings. The van der Waals surface area contributed by atoms with Gasteiger partial charge in [0.25, 0.3) is 10.0 Å². The molecule has 1 N–H and O–H groups in total. The second-order valence-corrected chi connectivity index (χ2v) is 11.2. The maximum Gasteiger partial charge on any atom is 0.264 e. The second-order valence-electron chi connectivity index (χ2n) is 9.34. The van der Waals surface area contributed by atoms with Gasteiger partial charge in [-0.15, -0.1) is 0 Å². The molecule has 0 saturated heterocycles. The molecule has 0 bridgehead atoms. The highest BCUT2D eigenvalue weighted by Crippen LogP contribution is 2.29. The first-order valence-corrected chi connectivity index (χ1v) is 13.6. The van der Waals surface area contributed by atoms with Crippen LogP contribution in [0.1, 0.15) is 34.7 Å². The number of likely N-dealkylation sites (N-methyl/N-ethyl adjacent to an activating group) is 1. The number of benzene rings is 3. The second kappa shape index (κ2) is 11.6. The SMILES string of the molecule is CNC(=O)C(C)N(Cc1cccc(C)c1)C(=O)CN(c1cccc(C)c1C)S(=O)(=O)c1ccc(C)cc1. The summed E-state index contributed by atoms with van der Waals surface area (Å²) in [6.45, 7) is 8.93. The fraction of sp³-hybridized carbons (Fsp3) is 0.310. The monoisotopic (exact) mass is 521 g/mol. The first kappa shape index (κ1) is 27.9. The smallest absolute Gasteiger partial charge is 0.264 e. The van der Waals surface area contributed by atoms with E-state index < -0.39 is 28.5 Å². The number of hydrogen-bond donors (Lipinski definition) is 1. The van der Waals surface area contributed by atoms with Crippen molar-refractivity contribution in [3.8, 4) is 0 Å². The third-order valence-corrected chi connectivity index (χ3v) is 8.36.